The monoisotopic (exact) mass is 200 g/mol. The van der Waals surface area contributed by atoms with Crippen molar-refractivity contribution in [2.24, 2.45) is 16.5 Å². The molecule has 0 aliphatic carbocycles. The standard InChI is InChI=1S/C10H24N4/c1-9(13-6-4-11)8-10(2,3)14-7-5-12/h14H,4-8,11-12H2,1-3H3. The molecule has 0 aliphatic heterocycles. The summed E-state index contributed by atoms with van der Waals surface area (Å²) in [5, 5.41) is 3.38. The molecule has 0 atom stereocenters. The van der Waals surface area contributed by atoms with Gasteiger partial charge in [-0.15, -0.1) is 0 Å². The molecule has 0 saturated heterocycles. The van der Waals surface area contributed by atoms with Crippen LogP contribution in [0.3, 0.4) is 0 Å². The van der Waals surface area contributed by atoms with Gasteiger partial charge in [0.05, 0.1) is 6.54 Å². The first-order valence-corrected chi connectivity index (χ1v) is 5.17. The average Bonchev–Trinajstić information content (AvgIpc) is 2.11. The molecule has 0 saturated carbocycles. The van der Waals surface area contributed by atoms with Gasteiger partial charge in [0.15, 0.2) is 0 Å². The van der Waals surface area contributed by atoms with Gasteiger partial charge in [0.1, 0.15) is 0 Å². The van der Waals surface area contributed by atoms with Gasteiger partial charge in [-0.05, 0) is 20.8 Å². The zero-order valence-corrected chi connectivity index (χ0v) is 9.64. The van der Waals surface area contributed by atoms with E-state index in [0.717, 1.165) is 25.2 Å². The summed E-state index contributed by atoms with van der Waals surface area (Å²) in [6.45, 7) is 9.21. The van der Waals surface area contributed by atoms with E-state index < -0.39 is 0 Å². The number of hydrogen-bond acceptors (Lipinski definition) is 4. The first kappa shape index (κ1) is 13.5. The SMILES string of the molecule is CC(CC(C)(C)NCCN)=NCCN. The van der Waals surface area contributed by atoms with E-state index in [1.807, 2.05) is 6.92 Å². The van der Waals surface area contributed by atoms with Gasteiger partial charge in [0.25, 0.3) is 0 Å². The number of hydrogen-bond donors (Lipinski definition) is 3. The normalized spacial score (nSPS) is 13.4. The average molecular weight is 200 g/mol. The highest BCUT2D eigenvalue weighted by molar-refractivity contribution is 5.82. The fraction of sp³-hybridized carbons (Fsp3) is 0.900. The minimum Gasteiger partial charge on any atom is -0.329 e. The lowest BCUT2D eigenvalue weighted by Gasteiger charge is -2.26. The summed E-state index contributed by atoms with van der Waals surface area (Å²) in [4.78, 5) is 4.36. The van der Waals surface area contributed by atoms with E-state index in [1.165, 1.54) is 0 Å². The summed E-state index contributed by atoms with van der Waals surface area (Å²) in [5.74, 6) is 0. The quantitative estimate of drug-likeness (QED) is 0.511. The van der Waals surface area contributed by atoms with Gasteiger partial charge in [-0.25, -0.2) is 0 Å². The van der Waals surface area contributed by atoms with Crippen LogP contribution in [0.25, 0.3) is 0 Å². The van der Waals surface area contributed by atoms with Crippen LogP contribution in [0.4, 0.5) is 0 Å². The molecule has 0 aromatic heterocycles. The Kier molecular flexibility index (Phi) is 6.70. The highest BCUT2D eigenvalue weighted by Gasteiger charge is 2.16. The van der Waals surface area contributed by atoms with E-state index >= 15 is 0 Å². The molecule has 0 bridgehead atoms. The maximum Gasteiger partial charge on any atom is 0.0511 e. The van der Waals surface area contributed by atoms with Crippen LogP contribution < -0.4 is 16.8 Å². The number of aliphatic imine (C=N–C) groups is 1. The van der Waals surface area contributed by atoms with Crippen LogP contribution in [0.5, 0.6) is 0 Å². The van der Waals surface area contributed by atoms with Crippen molar-refractivity contribution in [2.45, 2.75) is 32.7 Å². The summed E-state index contributed by atoms with van der Waals surface area (Å²) in [6, 6.07) is 0. The Bertz CT molecular complexity index is 175. The molecule has 4 nitrogen and oxygen atoms in total. The van der Waals surface area contributed by atoms with Crippen LogP contribution in [0, 0.1) is 0 Å². The molecular weight excluding hydrogens is 176 g/mol. The maximum atomic E-state index is 5.44. The summed E-state index contributed by atoms with van der Waals surface area (Å²) in [6.07, 6.45) is 0.938. The number of nitrogens with one attached hydrogen (secondary N) is 1. The Hall–Kier alpha value is -0.450. The minimum atomic E-state index is 0.0710. The van der Waals surface area contributed by atoms with E-state index in [2.05, 4.69) is 24.2 Å². The summed E-state index contributed by atoms with van der Waals surface area (Å²) in [7, 11) is 0. The van der Waals surface area contributed by atoms with Crippen molar-refractivity contribution < 1.29 is 0 Å². The smallest absolute Gasteiger partial charge is 0.0511 e. The third-order valence-electron chi connectivity index (χ3n) is 1.96. The Morgan fingerprint density at radius 1 is 1.29 bits per heavy atom. The molecule has 0 aliphatic rings. The number of rotatable bonds is 7. The molecule has 14 heavy (non-hydrogen) atoms. The van der Waals surface area contributed by atoms with Gasteiger partial charge >= 0.3 is 0 Å². The summed E-state index contributed by atoms with van der Waals surface area (Å²) < 4.78 is 0. The molecule has 4 heteroatoms. The zero-order valence-electron chi connectivity index (χ0n) is 9.64. The van der Waals surface area contributed by atoms with Crippen molar-refractivity contribution in [3.05, 3.63) is 0 Å². The molecule has 0 spiro atoms. The molecule has 0 radical (unpaired) electrons. The van der Waals surface area contributed by atoms with E-state index in [-0.39, 0.29) is 5.54 Å². The summed E-state index contributed by atoms with van der Waals surface area (Å²) in [5.41, 5.74) is 12.0. The lowest BCUT2D eigenvalue weighted by molar-refractivity contribution is 0.407. The first-order valence-electron chi connectivity index (χ1n) is 5.17. The zero-order chi connectivity index (χ0) is 11.0. The largest absolute Gasteiger partial charge is 0.329 e. The molecule has 0 rings (SSSR count). The number of nitrogens with two attached hydrogens (primary N) is 2. The van der Waals surface area contributed by atoms with Crippen molar-refractivity contribution in [2.75, 3.05) is 26.2 Å². The lowest BCUT2D eigenvalue weighted by atomic mass is 9.98. The second-order valence-corrected chi connectivity index (χ2v) is 4.18. The summed E-state index contributed by atoms with van der Waals surface area (Å²) >= 11 is 0. The van der Waals surface area contributed by atoms with E-state index in [4.69, 9.17) is 11.5 Å². The van der Waals surface area contributed by atoms with E-state index in [9.17, 15) is 0 Å². The van der Waals surface area contributed by atoms with Crippen LogP contribution in [0.15, 0.2) is 4.99 Å². The van der Waals surface area contributed by atoms with Gasteiger partial charge in [0.2, 0.25) is 0 Å². The third kappa shape index (κ3) is 7.00. The topological polar surface area (TPSA) is 76.4 Å². The van der Waals surface area contributed by atoms with Crippen LogP contribution in [0.1, 0.15) is 27.2 Å². The fourth-order valence-corrected chi connectivity index (χ4v) is 1.42. The Morgan fingerprint density at radius 3 is 2.43 bits per heavy atom. The fourth-order valence-electron chi connectivity index (χ4n) is 1.42. The van der Waals surface area contributed by atoms with Crippen LogP contribution in [-0.4, -0.2) is 37.4 Å². The van der Waals surface area contributed by atoms with Crippen LogP contribution in [0.2, 0.25) is 0 Å². The highest BCUT2D eigenvalue weighted by atomic mass is 15.0. The molecular formula is C10H24N4. The van der Waals surface area contributed by atoms with Crippen LogP contribution in [-0.2, 0) is 0 Å². The first-order chi connectivity index (χ1) is 6.52. The molecule has 0 fully saturated rings. The highest BCUT2D eigenvalue weighted by Crippen LogP contribution is 2.08. The Balaban J connectivity index is 3.93. The lowest BCUT2D eigenvalue weighted by Crippen LogP contribution is -2.43. The third-order valence-corrected chi connectivity index (χ3v) is 1.96. The molecule has 0 heterocycles. The molecule has 0 unspecified atom stereocenters. The van der Waals surface area contributed by atoms with Gasteiger partial charge in [-0.1, -0.05) is 0 Å². The van der Waals surface area contributed by atoms with Gasteiger partial charge in [0, 0.05) is 37.3 Å². The molecule has 5 N–H and O–H groups in total. The van der Waals surface area contributed by atoms with Gasteiger partial charge in [-0.3, -0.25) is 4.99 Å². The van der Waals surface area contributed by atoms with Crippen molar-refractivity contribution in [1.29, 1.82) is 0 Å². The molecule has 0 aromatic carbocycles. The predicted molar refractivity (Wildman–Crippen MR) is 62.8 cm³/mol. The van der Waals surface area contributed by atoms with Gasteiger partial charge in [-0.2, -0.15) is 0 Å². The van der Waals surface area contributed by atoms with Crippen molar-refractivity contribution in [1.82, 2.24) is 5.32 Å². The predicted octanol–water partition coefficient (Wildman–Crippen LogP) is 0.123. The Labute approximate surface area is 87.1 Å². The molecule has 0 amide bonds. The Morgan fingerprint density at radius 2 is 1.93 bits per heavy atom. The second kappa shape index (κ2) is 6.92. The van der Waals surface area contributed by atoms with Gasteiger partial charge < -0.3 is 16.8 Å². The second-order valence-electron chi connectivity index (χ2n) is 4.18. The van der Waals surface area contributed by atoms with E-state index in [0.29, 0.717) is 13.1 Å². The van der Waals surface area contributed by atoms with Crippen molar-refractivity contribution in [3.63, 3.8) is 0 Å². The minimum absolute atomic E-state index is 0.0710. The number of nitrogens with zero attached hydrogens (tertiary/aromatic N) is 1. The van der Waals surface area contributed by atoms with Crippen molar-refractivity contribution >= 4 is 5.71 Å². The van der Waals surface area contributed by atoms with Crippen molar-refractivity contribution in [3.8, 4) is 0 Å². The molecule has 84 valence electrons. The maximum absolute atomic E-state index is 5.44. The molecule has 0 aromatic rings. The van der Waals surface area contributed by atoms with Crippen LogP contribution >= 0.6 is 0 Å². The van der Waals surface area contributed by atoms with E-state index in [1.54, 1.807) is 0 Å².